The van der Waals surface area contributed by atoms with Gasteiger partial charge in [0.2, 0.25) is 0 Å². The highest BCUT2D eigenvalue weighted by molar-refractivity contribution is 9.10. The molecule has 2 amide bonds. The maximum absolute atomic E-state index is 12.2. The molecule has 0 fully saturated rings. The average Bonchev–Trinajstić information content (AvgIpc) is 3.05. The fourth-order valence-electron chi connectivity index (χ4n) is 2.58. The van der Waals surface area contributed by atoms with Crippen molar-refractivity contribution in [3.05, 3.63) is 61.9 Å². The minimum Gasteiger partial charge on any atom is -0.454 e. The van der Waals surface area contributed by atoms with Crippen molar-refractivity contribution in [1.82, 2.24) is 15.3 Å². The molecule has 0 spiro atoms. The Labute approximate surface area is 183 Å². The van der Waals surface area contributed by atoms with Crippen molar-refractivity contribution in [3.63, 3.8) is 0 Å². The summed E-state index contributed by atoms with van der Waals surface area (Å²) in [5.41, 5.74) is 1.31. The Balaban J connectivity index is 1.54. The third-order valence-corrected chi connectivity index (χ3v) is 5.03. The van der Waals surface area contributed by atoms with E-state index in [-0.39, 0.29) is 16.3 Å². The quantitative estimate of drug-likeness (QED) is 0.390. The van der Waals surface area contributed by atoms with Crippen LogP contribution in [-0.2, 0) is 14.3 Å². The highest BCUT2D eigenvalue weighted by atomic mass is 79.9. The number of ether oxygens (including phenoxy) is 1. The number of anilines is 1. The van der Waals surface area contributed by atoms with Crippen LogP contribution in [0.15, 0.2) is 45.7 Å². The van der Waals surface area contributed by atoms with Crippen LogP contribution in [0.25, 0.3) is 11.0 Å². The number of esters is 1. The molecule has 0 saturated carbocycles. The zero-order valence-electron chi connectivity index (χ0n) is 15.5. The van der Waals surface area contributed by atoms with Crippen LogP contribution in [0.3, 0.4) is 0 Å². The van der Waals surface area contributed by atoms with Gasteiger partial charge in [-0.1, -0.05) is 23.7 Å². The molecule has 1 atom stereocenters. The lowest BCUT2D eigenvalue weighted by molar-refractivity contribution is -0.148. The third-order valence-electron chi connectivity index (χ3n) is 4.04. The van der Waals surface area contributed by atoms with Gasteiger partial charge in [-0.3, -0.25) is 9.59 Å². The molecule has 0 aliphatic rings. The summed E-state index contributed by atoms with van der Waals surface area (Å²) in [6, 6.07) is 8.60. The van der Waals surface area contributed by atoms with E-state index < -0.39 is 30.4 Å². The molecule has 0 bridgehead atoms. The van der Waals surface area contributed by atoms with E-state index in [0.717, 1.165) is 0 Å². The molecule has 3 aromatic rings. The lowest BCUT2D eigenvalue weighted by Crippen LogP contribution is -2.40. The van der Waals surface area contributed by atoms with Gasteiger partial charge in [0.05, 0.1) is 27.3 Å². The zero-order chi connectivity index (χ0) is 21.8. The minimum atomic E-state index is -0.991. The first-order valence-electron chi connectivity index (χ1n) is 8.68. The molecule has 156 valence electrons. The van der Waals surface area contributed by atoms with E-state index in [9.17, 15) is 19.2 Å². The van der Waals surface area contributed by atoms with Gasteiger partial charge in [-0.05, 0) is 47.1 Å². The number of imidazole rings is 1. The van der Waals surface area contributed by atoms with Crippen molar-refractivity contribution in [2.75, 3.05) is 11.9 Å². The van der Waals surface area contributed by atoms with Gasteiger partial charge in [-0.15, -0.1) is 0 Å². The van der Waals surface area contributed by atoms with Gasteiger partial charge in [0, 0.05) is 4.47 Å². The number of carbonyl (C=O) groups is 3. The molecular weight excluding hydrogens is 480 g/mol. The van der Waals surface area contributed by atoms with Crippen LogP contribution in [-0.4, -0.2) is 40.4 Å². The van der Waals surface area contributed by atoms with E-state index in [4.69, 9.17) is 16.3 Å². The minimum absolute atomic E-state index is 0.222. The van der Waals surface area contributed by atoms with E-state index in [1.807, 2.05) is 0 Å². The van der Waals surface area contributed by atoms with Gasteiger partial charge in [-0.25, -0.2) is 9.59 Å². The van der Waals surface area contributed by atoms with Crippen LogP contribution in [0.2, 0.25) is 5.02 Å². The van der Waals surface area contributed by atoms with Gasteiger partial charge >= 0.3 is 11.7 Å². The normalized spacial score (nSPS) is 11.7. The number of amides is 2. The highest BCUT2D eigenvalue weighted by Crippen LogP contribution is 2.26. The standard InChI is InChI=1S/C19H16BrClN4O5/c1-9(22-17(27)10-4-2-3-5-12(10)21)18(28)30-8-16(26)23-13-7-15-14(6-11(13)20)24-19(29)25-15/h2-7,9H,8H2,1H3,(H,22,27)(H,23,26)(H2,24,25,29)/t9-/m1/s1. The fraction of sp³-hybridized carbons (Fsp3) is 0.158. The number of hydrogen-bond donors (Lipinski definition) is 4. The first-order chi connectivity index (χ1) is 14.2. The second kappa shape index (κ2) is 9.14. The largest absolute Gasteiger partial charge is 0.454 e. The second-order valence-corrected chi connectivity index (χ2v) is 7.55. The lowest BCUT2D eigenvalue weighted by Gasteiger charge is -2.14. The van der Waals surface area contributed by atoms with Crippen molar-refractivity contribution in [1.29, 1.82) is 0 Å². The molecule has 30 heavy (non-hydrogen) atoms. The number of hydrogen-bond acceptors (Lipinski definition) is 5. The maximum atomic E-state index is 12.2. The Morgan fingerprint density at radius 2 is 1.83 bits per heavy atom. The number of aromatic amines is 2. The molecule has 2 aromatic carbocycles. The Kier molecular flexibility index (Phi) is 6.58. The number of halogens is 2. The number of carbonyl (C=O) groups excluding carboxylic acids is 3. The number of fused-ring (bicyclic) bond motifs is 1. The molecule has 0 radical (unpaired) electrons. The van der Waals surface area contributed by atoms with E-state index in [0.29, 0.717) is 21.2 Å². The Hall–Kier alpha value is -3.11. The molecule has 1 aromatic heterocycles. The van der Waals surface area contributed by atoms with Crippen molar-refractivity contribution < 1.29 is 19.1 Å². The molecule has 3 rings (SSSR count). The van der Waals surface area contributed by atoms with Crippen molar-refractivity contribution in [3.8, 4) is 0 Å². The summed E-state index contributed by atoms with van der Waals surface area (Å²) in [5, 5.41) is 5.29. The summed E-state index contributed by atoms with van der Waals surface area (Å²) in [5.74, 6) is -1.91. The maximum Gasteiger partial charge on any atom is 0.328 e. The summed E-state index contributed by atoms with van der Waals surface area (Å²) in [6.07, 6.45) is 0. The van der Waals surface area contributed by atoms with Crippen molar-refractivity contribution in [2.24, 2.45) is 0 Å². The zero-order valence-corrected chi connectivity index (χ0v) is 17.9. The second-order valence-electron chi connectivity index (χ2n) is 6.29. The molecule has 1 heterocycles. The van der Waals surface area contributed by atoms with Crippen LogP contribution < -0.4 is 16.3 Å². The van der Waals surface area contributed by atoms with Crippen LogP contribution in [0.4, 0.5) is 5.69 Å². The molecule has 11 heteroatoms. The summed E-state index contributed by atoms with van der Waals surface area (Å²) in [6.45, 7) is 0.876. The lowest BCUT2D eigenvalue weighted by atomic mass is 10.2. The predicted octanol–water partition coefficient (Wildman–Crippen LogP) is 2.57. The average molecular weight is 496 g/mol. The van der Waals surface area contributed by atoms with Crippen LogP contribution in [0.1, 0.15) is 17.3 Å². The fourth-order valence-corrected chi connectivity index (χ4v) is 3.24. The van der Waals surface area contributed by atoms with Gasteiger partial charge in [0.15, 0.2) is 6.61 Å². The topological polar surface area (TPSA) is 133 Å². The molecule has 0 aliphatic heterocycles. The van der Waals surface area contributed by atoms with Crippen molar-refractivity contribution >= 4 is 62.0 Å². The van der Waals surface area contributed by atoms with Crippen LogP contribution in [0, 0.1) is 0 Å². The summed E-state index contributed by atoms with van der Waals surface area (Å²) < 4.78 is 5.49. The van der Waals surface area contributed by atoms with E-state index >= 15 is 0 Å². The van der Waals surface area contributed by atoms with Crippen LogP contribution in [0.5, 0.6) is 0 Å². The van der Waals surface area contributed by atoms with Gasteiger partial charge in [0.25, 0.3) is 11.8 Å². The number of aromatic nitrogens is 2. The van der Waals surface area contributed by atoms with Gasteiger partial charge < -0.3 is 25.3 Å². The van der Waals surface area contributed by atoms with Crippen molar-refractivity contribution in [2.45, 2.75) is 13.0 Å². The van der Waals surface area contributed by atoms with Crippen LogP contribution >= 0.6 is 27.5 Å². The summed E-state index contributed by atoms with van der Waals surface area (Å²) >= 11 is 9.25. The number of benzene rings is 2. The van der Waals surface area contributed by atoms with E-state index in [1.165, 1.54) is 13.0 Å². The molecule has 0 unspecified atom stereocenters. The predicted molar refractivity (Wildman–Crippen MR) is 115 cm³/mol. The number of H-pyrrole nitrogens is 2. The molecule has 0 saturated heterocycles. The Morgan fingerprint density at radius 3 is 2.53 bits per heavy atom. The molecule has 9 nitrogen and oxygen atoms in total. The summed E-state index contributed by atoms with van der Waals surface area (Å²) in [7, 11) is 0. The van der Waals surface area contributed by atoms with E-state index in [2.05, 4.69) is 36.5 Å². The molecule has 0 aliphatic carbocycles. The van der Waals surface area contributed by atoms with Gasteiger partial charge in [0.1, 0.15) is 6.04 Å². The number of nitrogens with one attached hydrogen (secondary N) is 4. The SMILES string of the molecule is C[C@@H](NC(=O)c1ccccc1Cl)C(=O)OCC(=O)Nc1cc2[nH]c(=O)[nH]c2cc1Br. The monoisotopic (exact) mass is 494 g/mol. The molecule has 4 N–H and O–H groups in total. The Bertz CT molecular complexity index is 1190. The highest BCUT2D eigenvalue weighted by Gasteiger charge is 2.20. The first kappa shape index (κ1) is 21.6. The summed E-state index contributed by atoms with van der Waals surface area (Å²) in [4.78, 5) is 52.9. The number of rotatable bonds is 6. The third kappa shape index (κ3) is 5.08. The smallest absolute Gasteiger partial charge is 0.328 e. The Morgan fingerprint density at radius 1 is 1.17 bits per heavy atom. The van der Waals surface area contributed by atoms with Gasteiger partial charge in [-0.2, -0.15) is 0 Å². The first-order valence-corrected chi connectivity index (χ1v) is 9.85. The molecular formula is C19H16BrClN4O5. The van der Waals surface area contributed by atoms with E-state index in [1.54, 1.807) is 30.3 Å².